The summed E-state index contributed by atoms with van der Waals surface area (Å²) in [5.74, 6) is -2.40. The van der Waals surface area contributed by atoms with Gasteiger partial charge in [0.2, 0.25) is 0 Å². The van der Waals surface area contributed by atoms with Crippen molar-refractivity contribution in [3.8, 4) is 16.9 Å². The minimum atomic E-state index is -0.775. The molecule has 0 bridgehead atoms. The number of amides is 2. The van der Waals surface area contributed by atoms with E-state index in [-0.39, 0.29) is 58.3 Å². The second kappa shape index (κ2) is 17.5. The van der Waals surface area contributed by atoms with Gasteiger partial charge in [-0.1, -0.05) is 23.2 Å². The van der Waals surface area contributed by atoms with Crippen molar-refractivity contribution in [1.82, 2.24) is 24.6 Å². The van der Waals surface area contributed by atoms with E-state index < -0.39 is 23.9 Å². The number of nitrogen functional groups attached to an aromatic ring is 1. The molecule has 3 aromatic rings. The van der Waals surface area contributed by atoms with Gasteiger partial charge in [0.1, 0.15) is 11.9 Å². The fraction of sp³-hybridized carbons (Fsp3) is 0.389. The molecule has 13 nitrogen and oxygen atoms in total. The van der Waals surface area contributed by atoms with Gasteiger partial charge in [-0.15, -0.1) is 0 Å². The Bertz CT molecular complexity index is 1860. The first kappa shape index (κ1) is 38.3. The van der Waals surface area contributed by atoms with E-state index >= 15 is 0 Å². The van der Waals surface area contributed by atoms with Crippen LogP contribution in [0.25, 0.3) is 11.1 Å². The van der Waals surface area contributed by atoms with Crippen molar-refractivity contribution in [2.75, 3.05) is 38.6 Å². The number of hydrogen-bond acceptors (Lipinski definition) is 11. The van der Waals surface area contributed by atoms with Crippen molar-refractivity contribution < 1.29 is 37.8 Å². The monoisotopic (exact) mass is 756 g/mol. The van der Waals surface area contributed by atoms with Crippen LogP contribution in [0.15, 0.2) is 60.7 Å². The second-order valence-electron chi connectivity index (χ2n) is 12.2. The van der Waals surface area contributed by atoms with Crippen molar-refractivity contribution in [1.29, 1.82) is 0 Å². The minimum absolute atomic E-state index is 0.0491. The van der Waals surface area contributed by atoms with Gasteiger partial charge in [0.25, 0.3) is 11.8 Å². The number of nitrogens with two attached hydrogens (primary N) is 1. The molecular formula is C36H39Cl2FN6O7. The van der Waals surface area contributed by atoms with Crippen LogP contribution in [0.1, 0.15) is 63.7 Å². The second-order valence-corrected chi connectivity index (χ2v) is 13.0. The summed E-state index contributed by atoms with van der Waals surface area (Å²) >= 11 is 12.5. The number of rotatable bonds is 15. The van der Waals surface area contributed by atoms with E-state index in [1.165, 1.54) is 35.4 Å². The number of aromatic nitrogens is 3. The molecule has 4 heterocycles. The first-order valence-corrected chi connectivity index (χ1v) is 17.7. The molecule has 5 rings (SSSR count). The van der Waals surface area contributed by atoms with E-state index in [0.29, 0.717) is 62.9 Å². The van der Waals surface area contributed by atoms with Crippen molar-refractivity contribution in [3.05, 3.63) is 82.1 Å². The predicted molar refractivity (Wildman–Crippen MR) is 191 cm³/mol. The van der Waals surface area contributed by atoms with E-state index in [0.717, 1.165) is 5.56 Å². The Morgan fingerprint density at radius 3 is 2.46 bits per heavy atom. The van der Waals surface area contributed by atoms with E-state index in [1.54, 1.807) is 32.3 Å². The zero-order chi connectivity index (χ0) is 37.4. The highest BCUT2D eigenvalue weighted by atomic mass is 35.5. The molecular weight excluding hydrogens is 718 g/mol. The van der Waals surface area contributed by atoms with E-state index in [2.05, 4.69) is 10.1 Å². The van der Waals surface area contributed by atoms with Crippen LogP contribution in [0.2, 0.25) is 10.0 Å². The number of benzene rings is 1. The summed E-state index contributed by atoms with van der Waals surface area (Å²) in [4.78, 5) is 56.3. The number of pyridine rings is 1. The number of ether oxygens (including phenoxy) is 3. The molecule has 0 radical (unpaired) electrons. The zero-order valence-corrected chi connectivity index (χ0v) is 30.2. The van der Waals surface area contributed by atoms with E-state index in [9.17, 15) is 23.6 Å². The third-order valence-corrected chi connectivity index (χ3v) is 9.38. The Morgan fingerprint density at radius 2 is 1.75 bits per heavy atom. The smallest absolute Gasteiger partial charge is 0.347 e. The molecule has 2 aliphatic rings. The lowest BCUT2D eigenvalue weighted by Crippen LogP contribution is -2.33. The van der Waals surface area contributed by atoms with Gasteiger partial charge in [-0.2, -0.15) is 5.10 Å². The van der Waals surface area contributed by atoms with Gasteiger partial charge in [-0.3, -0.25) is 19.2 Å². The number of nitrogens with zero attached hydrogens (tertiary/aromatic N) is 5. The number of esters is 2. The lowest BCUT2D eigenvalue weighted by molar-refractivity contribution is -0.147. The van der Waals surface area contributed by atoms with Crippen molar-refractivity contribution in [3.63, 3.8) is 0 Å². The molecule has 0 aliphatic carbocycles. The first-order valence-electron chi connectivity index (χ1n) is 16.9. The summed E-state index contributed by atoms with van der Waals surface area (Å²) in [6.07, 6.45) is 11.5. The Morgan fingerprint density at radius 1 is 1.04 bits per heavy atom. The largest absolute Gasteiger partial charge is 0.482 e. The Balaban J connectivity index is 1.15. The number of halogens is 3. The van der Waals surface area contributed by atoms with E-state index in [1.807, 2.05) is 15.8 Å². The van der Waals surface area contributed by atoms with Gasteiger partial charge in [0.15, 0.2) is 17.1 Å². The molecule has 1 atom stereocenters. The summed E-state index contributed by atoms with van der Waals surface area (Å²) in [5, 5.41) is 4.71. The number of unbranched alkanes of at least 4 members (excludes halogenated alkanes) is 2. The average Bonchev–Trinajstić information content (AvgIpc) is 3.74. The number of carbonyl (C=O) groups is 4. The fourth-order valence-corrected chi connectivity index (χ4v) is 6.54. The minimum Gasteiger partial charge on any atom is -0.482 e. The molecule has 276 valence electrons. The number of piperidine rings is 1. The van der Waals surface area contributed by atoms with Crippen LogP contribution < -0.4 is 10.5 Å². The lowest BCUT2D eigenvalue weighted by Gasteiger charge is -2.31. The van der Waals surface area contributed by atoms with Gasteiger partial charge in [0.05, 0.1) is 30.5 Å². The third kappa shape index (κ3) is 9.28. The Hall–Kier alpha value is -4.95. The molecule has 1 aromatic carbocycles. The van der Waals surface area contributed by atoms with E-state index in [4.69, 9.17) is 43.1 Å². The zero-order valence-electron chi connectivity index (χ0n) is 28.7. The fourth-order valence-electron chi connectivity index (χ4n) is 5.86. The quantitative estimate of drug-likeness (QED) is 0.0378. The number of imide groups is 1. The molecule has 1 fully saturated rings. The van der Waals surface area contributed by atoms with Crippen LogP contribution in [0, 0.1) is 5.82 Å². The maximum absolute atomic E-state index is 14.1. The Labute approximate surface area is 310 Å². The van der Waals surface area contributed by atoms with Crippen LogP contribution in [-0.2, 0) is 28.7 Å². The summed E-state index contributed by atoms with van der Waals surface area (Å²) in [6.45, 7) is 4.90. The number of likely N-dealkylation sites (tertiary alicyclic amines) is 1. The molecule has 1 saturated heterocycles. The number of anilines is 1. The molecule has 0 saturated carbocycles. The number of hydrogen-bond donors (Lipinski definition) is 1. The van der Waals surface area contributed by atoms with Gasteiger partial charge >= 0.3 is 11.9 Å². The predicted octanol–water partition coefficient (Wildman–Crippen LogP) is 5.84. The molecule has 0 spiro atoms. The Kier molecular flexibility index (Phi) is 12.9. The first-order chi connectivity index (χ1) is 25.0. The van der Waals surface area contributed by atoms with Gasteiger partial charge in [-0.25, -0.2) is 19.0 Å². The summed E-state index contributed by atoms with van der Waals surface area (Å²) < 4.78 is 32.5. The highest BCUT2D eigenvalue weighted by Gasteiger charge is 2.27. The number of carbonyl (C=O) groups excluding carboxylic acids is 4. The summed E-state index contributed by atoms with van der Waals surface area (Å²) in [5.41, 5.74) is 7.69. The SMILES string of the molecule is CCOC(=O)/C(=C\N1CCC(n2cc(-c3cnc(N)c(OC(C)c4c(Cl)ccc(F)c4Cl)c3)cn2)CC1)C(=O)OCCCCCN1C(=O)C=CC1=O. The van der Waals surface area contributed by atoms with Crippen LogP contribution in [0.4, 0.5) is 10.2 Å². The maximum atomic E-state index is 14.1. The normalized spacial score (nSPS) is 15.7. The van der Waals surface area contributed by atoms with Crippen LogP contribution in [0.5, 0.6) is 5.75 Å². The van der Waals surface area contributed by atoms with Gasteiger partial charge < -0.3 is 24.8 Å². The van der Waals surface area contributed by atoms with Crippen molar-refractivity contribution in [2.45, 2.75) is 58.1 Å². The topological polar surface area (TPSA) is 159 Å². The van der Waals surface area contributed by atoms with Crippen LogP contribution in [-0.4, -0.2) is 81.2 Å². The van der Waals surface area contributed by atoms with Crippen molar-refractivity contribution in [2.24, 2.45) is 0 Å². The van der Waals surface area contributed by atoms with Crippen LogP contribution >= 0.6 is 23.2 Å². The summed E-state index contributed by atoms with van der Waals surface area (Å²) in [7, 11) is 0. The molecule has 1 unspecified atom stereocenters. The third-order valence-electron chi connectivity index (χ3n) is 8.67. The summed E-state index contributed by atoms with van der Waals surface area (Å²) in [6, 6.07) is 4.37. The lowest BCUT2D eigenvalue weighted by atomic mass is 10.1. The molecule has 2 N–H and O–H groups in total. The van der Waals surface area contributed by atoms with Crippen LogP contribution in [0.3, 0.4) is 0 Å². The molecule has 2 aliphatic heterocycles. The maximum Gasteiger partial charge on any atom is 0.347 e. The average molecular weight is 758 g/mol. The van der Waals surface area contributed by atoms with Gasteiger partial charge in [0, 0.05) is 72.1 Å². The van der Waals surface area contributed by atoms with Crippen molar-refractivity contribution >= 4 is 52.8 Å². The molecule has 16 heteroatoms. The molecule has 2 aromatic heterocycles. The highest BCUT2D eigenvalue weighted by Crippen LogP contribution is 2.37. The molecule has 52 heavy (non-hydrogen) atoms. The molecule has 2 amide bonds. The standard InChI is InChI=1S/C36H39Cl2FN6O7/c1-3-50-35(48)26(36(49)51-16-6-4-5-13-44-30(46)9-10-31(44)47)21-43-14-11-25(12-15-43)45-20-24(19-42-45)23-17-29(34(40)41-18-23)52-22(2)32-27(37)7-8-28(39)33(32)38/h7-10,17-22,25H,3-6,11-16H2,1-2H3,(H2,40,41)/b26-21+. The van der Waals surface area contributed by atoms with Gasteiger partial charge in [-0.05, 0) is 64.2 Å². The highest BCUT2D eigenvalue weighted by molar-refractivity contribution is 6.36.